The van der Waals surface area contributed by atoms with Gasteiger partial charge in [0.05, 0.1) is 38.6 Å². The summed E-state index contributed by atoms with van der Waals surface area (Å²) in [5.74, 6) is -17.2. The van der Waals surface area contributed by atoms with Gasteiger partial charge in [-0.25, -0.2) is 4.79 Å². The van der Waals surface area contributed by atoms with Crippen molar-refractivity contribution in [3.63, 3.8) is 0 Å². The second-order valence-corrected chi connectivity index (χ2v) is 16.7. The van der Waals surface area contributed by atoms with Crippen LogP contribution in [0.25, 0.3) is 32.0 Å². The molecule has 59 heavy (non-hydrogen) atoms. The van der Waals surface area contributed by atoms with Crippen LogP contribution in [0, 0.1) is 13.8 Å². The van der Waals surface area contributed by atoms with Gasteiger partial charge in [-0.05, 0) is 78.9 Å². The molecule has 2 aromatic carbocycles. The van der Waals surface area contributed by atoms with Gasteiger partial charge >= 0.3 is 23.7 Å². The van der Waals surface area contributed by atoms with E-state index in [2.05, 4.69) is 12.2 Å². The fourth-order valence-corrected chi connectivity index (χ4v) is 8.79. The van der Waals surface area contributed by atoms with E-state index in [0.717, 1.165) is 54.8 Å². The molecule has 0 atom stereocenters. The zero-order valence-electron chi connectivity index (χ0n) is 33.5. The lowest BCUT2D eigenvalue weighted by Gasteiger charge is -2.25. The van der Waals surface area contributed by atoms with Crippen molar-refractivity contribution in [2.75, 3.05) is 53.3 Å². The molecule has 5 rings (SSSR count). The number of rotatable bonds is 22. The lowest BCUT2D eigenvalue weighted by Crippen LogP contribution is -2.48. The lowest BCUT2D eigenvalue weighted by molar-refractivity contribution is -0.254. The second-order valence-electron chi connectivity index (χ2n) is 14.2. The summed E-state index contributed by atoms with van der Waals surface area (Å²) in [6.07, 6.45) is 6.33. The second kappa shape index (κ2) is 20.5. The van der Waals surface area contributed by atoms with Gasteiger partial charge in [-0.2, -0.15) is 26.3 Å². The van der Waals surface area contributed by atoms with Crippen LogP contribution in [0.5, 0.6) is 0 Å². The molecule has 0 spiro atoms. The molecule has 0 unspecified atom stereocenters. The number of methoxy groups -OCH3 is 1. The topological polar surface area (TPSA) is 83.1 Å². The third kappa shape index (κ3) is 10.5. The summed E-state index contributed by atoms with van der Waals surface area (Å²) >= 11 is 1.92. The van der Waals surface area contributed by atoms with Crippen molar-refractivity contribution in [1.82, 2.24) is 5.32 Å². The molecule has 320 valence electrons. The van der Waals surface area contributed by atoms with Crippen molar-refractivity contribution in [3.8, 4) is 20.9 Å². The lowest BCUT2D eigenvalue weighted by atomic mass is 9.94. The van der Waals surface area contributed by atoms with Crippen LogP contribution in [0.1, 0.15) is 87.0 Å². The zero-order valence-corrected chi connectivity index (χ0v) is 35.1. The number of alkyl halides is 6. The number of halogens is 6. The molecule has 0 saturated heterocycles. The number of unbranched alkanes of at least 4 members (excludes halogenated alkanes) is 5. The maximum atomic E-state index is 15.9. The van der Waals surface area contributed by atoms with E-state index in [9.17, 15) is 9.59 Å². The molecule has 0 bridgehead atoms. The van der Waals surface area contributed by atoms with Crippen LogP contribution < -0.4 is 5.32 Å². The highest BCUT2D eigenvalue weighted by molar-refractivity contribution is 7.16. The van der Waals surface area contributed by atoms with Gasteiger partial charge in [0.25, 0.3) is 5.91 Å². The number of hydrogen-bond acceptors (Lipinski definition) is 8. The number of amides is 1. The van der Waals surface area contributed by atoms with Crippen LogP contribution in [0.2, 0.25) is 0 Å². The number of benzene rings is 2. The van der Waals surface area contributed by atoms with E-state index >= 15 is 26.3 Å². The van der Waals surface area contributed by atoms with Crippen molar-refractivity contribution >= 4 is 45.7 Å². The van der Waals surface area contributed by atoms with Crippen LogP contribution in [0.15, 0.2) is 60.7 Å². The number of thiophene rings is 2. The summed E-state index contributed by atoms with van der Waals surface area (Å²) < 4.78 is 115. The van der Waals surface area contributed by atoms with Crippen molar-refractivity contribution in [3.05, 3.63) is 92.7 Å². The van der Waals surface area contributed by atoms with Gasteiger partial charge < -0.3 is 24.3 Å². The first-order valence-corrected chi connectivity index (χ1v) is 21.2. The summed E-state index contributed by atoms with van der Waals surface area (Å²) in [6, 6.07) is 14.9. The Labute approximate surface area is 348 Å². The van der Waals surface area contributed by atoms with Gasteiger partial charge in [-0.1, -0.05) is 63.3 Å². The Morgan fingerprint density at radius 1 is 0.644 bits per heavy atom. The largest absolute Gasteiger partial charge is 0.460 e. The highest BCUT2D eigenvalue weighted by atomic mass is 32.1. The average Bonchev–Trinajstić information content (AvgIpc) is 3.82. The minimum atomic E-state index is -5.74. The van der Waals surface area contributed by atoms with E-state index in [1.807, 2.05) is 0 Å². The van der Waals surface area contributed by atoms with E-state index in [1.54, 1.807) is 37.4 Å². The fourth-order valence-electron chi connectivity index (χ4n) is 6.74. The number of nitrogens with one attached hydrogen (secondary N) is 1. The Morgan fingerprint density at radius 2 is 1.14 bits per heavy atom. The molecule has 15 heteroatoms. The molecule has 0 saturated carbocycles. The van der Waals surface area contributed by atoms with Gasteiger partial charge in [-0.3, -0.25) is 4.79 Å². The third-order valence-corrected chi connectivity index (χ3v) is 12.1. The number of carbonyl (C=O) groups excluding carboxylic acids is 2. The maximum Gasteiger partial charge on any atom is 0.380 e. The molecule has 1 aliphatic carbocycles. The number of hydrogen-bond donors (Lipinski definition) is 1. The molecule has 0 fully saturated rings. The minimum Gasteiger partial charge on any atom is -0.460 e. The van der Waals surface area contributed by atoms with Crippen LogP contribution in [-0.2, 0) is 18.9 Å². The van der Waals surface area contributed by atoms with Gasteiger partial charge in [-0.15, -0.1) is 22.7 Å². The number of esters is 1. The summed E-state index contributed by atoms with van der Waals surface area (Å²) in [5.41, 5.74) is -2.53. The summed E-state index contributed by atoms with van der Waals surface area (Å²) in [6.45, 7) is 6.99. The fraction of sp³-hybridized carbons (Fsp3) is 0.455. The highest BCUT2D eigenvalue weighted by Gasteiger charge is 2.80. The normalized spacial score (nSPS) is 15.5. The molecule has 1 aliphatic rings. The van der Waals surface area contributed by atoms with Gasteiger partial charge in [0, 0.05) is 49.9 Å². The Morgan fingerprint density at radius 3 is 1.69 bits per heavy atom. The summed E-state index contributed by atoms with van der Waals surface area (Å²) in [7, 11) is 1.56. The first kappa shape index (κ1) is 46.1. The smallest absolute Gasteiger partial charge is 0.380 e. The van der Waals surface area contributed by atoms with Gasteiger partial charge in [0.1, 0.15) is 6.61 Å². The quantitative estimate of drug-likeness (QED) is 0.0481. The number of aryl methyl sites for hydroxylation is 2. The van der Waals surface area contributed by atoms with Crippen LogP contribution in [0.3, 0.4) is 0 Å². The number of allylic oxidation sites excluding steroid dienone is 2. The number of carbonyl (C=O) groups is 2. The molecule has 7 nitrogen and oxygen atoms in total. The molecule has 2 heterocycles. The molecule has 0 aliphatic heterocycles. The first-order valence-electron chi connectivity index (χ1n) is 19.6. The highest BCUT2D eigenvalue weighted by Crippen LogP contribution is 2.66. The van der Waals surface area contributed by atoms with E-state index in [-0.39, 0.29) is 41.0 Å². The molecule has 4 aromatic rings. The Hall–Kier alpha value is -4.02. The van der Waals surface area contributed by atoms with Crippen molar-refractivity contribution in [2.45, 2.75) is 77.1 Å². The predicted octanol–water partition coefficient (Wildman–Crippen LogP) is 11.5. The van der Waals surface area contributed by atoms with Gasteiger partial charge in [0.15, 0.2) is 0 Å². The van der Waals surface area contributed by atoms with Crippen LogP contribution >= 0.6 is 22.7 Å². The maximum absolute atomic E-state index is 15.9. The third-order valence-electron chi connectivity index (χ3n) is 9.91. The molecular weight excluding hydrogens is 817 g/mol. The monoisotopic (exact) mass is 865 g/mol. The van der Waals surface area contributed by atoms with Crippen LogP contribution in [0.4, 0.5) is 26.3 Å². The van der Waals surface area contributed by atoms with Crippen LogP contribution in [-0.4, -0.2) is 82.9 Å². The molecule has 1 N–H and O–H groups in total. The molecular formula is C44H49F6NO6S2. The van der Waals surface area contributed by atoms with E-state index in [0.29, 0.717) is 52.8 Å². The minimum absolute atomic E-state index is 0.0540. The Balaban J connectivity index is 1.39. The van der Waals surface area contributed by atoms with E-state index in [4.69, 9.17) is 18.9 Å². The average molecular weight is 866 g/mol. The Bertz CT molecular complexity index is 2090. The van der Waals surface area contributed by atoms with E-state index in [1.165, 1.54) is 50.6 Å². The standard InChI is InChI=1S/C44H49F6NO6S2/c1-5-6-7-8-9-10-17-51-40(52)32-15-11-13-30(24-32)36-26-34(28(2)58-36)38-39(43(47,48)44(49,50)42(38,45)46)35-27-37(59-29(35)3)31-14-12-16-33(25-31)41(53)57-23-22-56-21-20-55-19-18-54-4/h11-16,24-27H,5-10,17-23H2,1-4H3,(H,51,52). The van der Waals surface area contributed by atoms with Gasteiger partial charge in [0.2, 0.25) is 0 Å². The van der Waals surface area contributed by atoms with E-state index < -0.39 is 46.0 Å². The van der Waals surface area contributed by atoms with Crippen molar-refractivity contribution in [1.29, 1.82) is 0 Å². The van der Waals surface area contributed by atoms with Crippen molar-refractivity contribution in [2.24, 2.45) is 0 Å². The molecule has 2 aromatic heterocycles. The predicted molar refractivity (Wildman–Crippen MR) is 220 cm³/mol. The Kier molecular flexibility index (Phi) is 16.0. The first-order chi connectivity index (χ1) is 28.1. The summed E-state index contributed by atoms with van der Waals surface area (Å²) in [5, 5.41) is 2.89. The van der Waals surface area contributed by atoms with Crippen molar-refractivity contribution < 1.29 is 54.9 Å². The SMILES string of the molecule is CCCCCCCCNC(=O)c1cccc(-c2cc(C3=C(c4cc(-c5cccc(C(=O)OCCOCCOCCOC)c5)sc4C)C(F)(F)C(F)(F)C3(F)F)c(C)s2)c1. The number of ether oxygens (including phenoxy) is 4. The summed E-state index contributed by atoms with van der Waals surface area (Å²) in [4.78, 5) is 26.6. The molecule has 1 amide bonds. The zero-order chi connectivity index (χ0) is 42.8. The molecule has 0 radical (unpaired) electrons.